The average molecular weight is 598 g/mol. The predicted molar refractivity (Wildman–Crippen MR) is 176 cm³/mol. The third kappa shape index (κ3) is 8.30. The molecule has 1 heterocycles. The van der Waals surface area contributed by atoms with Crippen molar-refractivity contribution in [1.29, 1.82) is 0 Å². The summed E-state index contributed by atoms with van der Waals surface area (Å²) >= 11 is 0. The largest absolute Gasteiger partial charge is 0.457 e. The number of carbonyl (C=O) groups is 4. The first kappa shape index (κ1) is 30.4. The number of aryl methyl sites for hydroxylation is 1. The van der Waals surface area contributed by atoms with Crippen LogP contribution < -0.4 is 16.0 Å². The zero-order valence-electron chi connectivity index (χ0n) is 24.8. The molecule has 224 valence electrons. The van der Waals surface area contributed by atoms with Gasteiger partial charge in [-0.2, -0.15) is 0 Å². The molecule has 45 heavy (non-hydrogen) atoms. The summed E-state index contributed by atoms with van der Waals surface area (Å²) in [6.07, 6.45) is 3.03. The minimum Gasteiger partial charge on any atom is -0.457 e. The van der Waals surface area contributed by atoms with Crippen LogP contribution in [0.5, 0.6) is 0 Å². The zero-order chi connectivity index (χ0) is 31.8. The van der Waals surface area contributed by atoms with Crippen LogP contribution in [-0.4, -0.2) is 23.5 Å². The van der Waals surface area contributed by atoms with E-state index in [-0.39, 0.29) is 29.6 Å². The highest BCUT2D eigenvalue weighted by atomic mass is 16.3. The molecule has 3 N–H and O–H groups in total. The van der Waals surface area contributed by atoms with Crippen LogP contribution in [0, 0.1) is 6.92 Å². The van der Waals surface area contributed by atoms with Crippen molar-refractivity contribution in [3.8, 4) is 11.3 Å². The molecule has 0 aliphatic heterocycles. The van der Waals surface area contributed by atoms with Gasteiger partial charge in [-0.3, -0.25) is 19.2 Å². The molecule has 3 amide bonds. The smallest absolute Gasteiger partial charge is 0.248 e. The molecule has 0 radical (unpaired) electrons. The van der Waals surface area contributed by atoms with Gasteiger partial charge in [0.05, 0.1) is 12.1 Å². The number of hydrogen-bond donors (Lipinski definition) is 3. The van der Waals surface area contributed by atoms with E-state index >= 15 is 0 Å². The highest BCUT2D eigenvalue weighted by molar-refractivity contribution is 6.15. The van der Waals surface area contributed by atoms with E-state index in [0.717, 1.165) is 16.7 Å². The van der Waals surface area contributed by atoms with Crippen LogP contribution >= 0.6 is 0 Å². The first-order valence-corrected chi connectivity index (χ1v) is 14.3. The summed E-state index contributed by atoms with van der Waals surface area (Å²) in [7, 11) is 0. The zero-order valence-corrected chi connectivity index (χ0v) is 24.8. The molecule has 1 aromatic heterocycles. The molecule has 0 fully saturated rings. The lowest BCUT2D eigenvalue weighted by atomic mass is 10.0. The summed E-state index contributed by atoms with van der Waals surface area (Å²) in [5.41, 5.74) is 4.89. The van der Waals surface area contributed by atoms with Crippen molar-refractivity contribution in [2.24, 2.45) is 0 Å². The van der Waals surface area contributed by atoms with Crippen LogP contribution in [0.25, 0.3) is 17.4 Å². The van der Waals surface area contributed by atoms with E-state index in [2.05, 4.69) is 16.0 Å². The molecule has 0 aliphatic rings. The van der Waals surface area contributed by atoms with Crippen LogP contribution in [0.15, 0.2) is 120 Å². The van der Waals surface area contributed by atoms with Crippen molar-refractivity contribution in [2.45, 2.75) is 20.3 Å². The molecule has 0 saturated carbocycles. The fourth-order valence-corrected chi connectivity index (χ4v) is 4.61. The van der Waals surface area contributed by atoms with Gasteiger partial charge >= 0.3 is 0 Å². The molecular weight excluding hydrogens is 566 g/mol. The molecule has 0 bridgehead atoms. The average Bonchev–Trinajstić information content (AvgIpc) is 3.51. The predicted octanol–water partition coefficient (Wildman–Crippen LogP) is 7.28. The van der Waals surface area contributed by atoms with Crippen molar-refractivity contribution in [1.82, 2.24) is 0 Å². The van der Waals surface area contributed by atoms with E-state index in [9.17, 15) is 19.2 Å². The Morgan fingerprint density at radius 2 is 1.44 bits per heavy atom. The summed E-state index contributed by atoms with van der Waals surface area (Å²) in [5, 5.41) is 8.36. The summed E-state index contributed by atoms with van der Waals surface area (Å²) in [4.78, 5) is 50.4. The molecule has 0 spiro atoms. The summed E-state index contributed by atoms with van der Waals surface area (Å²) in [5.74, 6) is -0.0570. The first-order chi connectivity index (χ1) is 21.7. The maximum absolute atomic E-state index is 13.5. The Balaban J connectivity index is 1.29. The maximum Gasteiger partial charge on any atom is 0.248 e. The minimum absolute atomic E-state index is 0.151. The van der Waals surface area contributed by atoms with Gasteiger partial charge in [0.2, 0.25) is 17.7 Å². The monoisotopic (exact) mass is 597 g/mol. The molecule has 5 rings (SSSR count). The second-order valence-electron chi connectivity index (χ2n) is 10.4. The maximum atomic E-state index is 13.5. The van der Waals surface area contributed by atoms with Gasteiger partial charge < -0.3 is 20.4 Å². The van der Waals surface area contributed by atoms with Crippen LogP contribution in [0.4, 0.5) is 17.1 Å². The number of amides is 3. The van der Waals surface area contributed by atoms with Crippen molar-refractivity contribution < 1.29 is 23.6 Å². The lowest BCUT2D eigenvalue weighted by Gasteiger charge is -2.13. The van der Waals surface area contributed by atoms with Gasteiger partial charge in [-0.25, -0.2) is 0 Å². The molecule has 0 atom stereocenters. The van der Waals surface area contributed by atoms with Gasteiger partial charge in [0, 0.05) is 41.1 Å². The lowest BCUT2D eigenvalue weighted by Crippen LogP contribution is -2.18. The number of ketones is 1. The molecule has 0 aliphatic carbocycles. The van der Waals surface area contributed by atoms with Gasteiger partial charge in [0.1, 0.15) is 11.5 Å². The summed E-state index contributed by atoms with van der Waals surface area (Å²) in [6, 6.07) is 31.9. The Morgan fingerprint density at radius 3 is 2.16 bits per heavy atom. The fraction of sp³-hybridized carbons (Fsp3) is 0.0811. The number of benzene rings is 4. The van der Waals surface area contributed by atoms with Crippen LogP contribution in [0.3, 0.4) is 0 Å². The van der Waals surface area contributed by atoms with Gasteiger partial charge in [-0.15, -0.1) is 0 Å². The number of nitrogens with one attached hydrogen (secondary N) is 3. The van der Waals surface area contributed by atoms with Crippen molar-refractivity contribution in [3.05, 3.63) is 143 Å². The molecule has 0 unspecified atom stereocenters. The van der Waals surface area contributed by atoms with E-state index in [0.29, 0.717) is 34.1 Å². The quantitative estimate of drug-likeness (QED) is 0.116. The third-order valence-corrected chi connectivity index (χ3v) is 6.84. The minimum atomic E-state index is -0.429. The number of rotatable bonds is 10. The molecule has 0 saturated heterocycles. The second-order valence-corrected chi connectivity index (χ2v) is 10.4. The SMILES string of the molecule is CC(=O)Nc1ccc(-c2ccc(/C=C/C(=O)Nc3ccc(NC(=O)Cc4ccc(C)cc4)c(C(=O)c4ccccc4)c3)o2)cc1. The molecule has 5 aromatic rings. The fourth-order valence-electron chi connectivity index (χ4n) is 4.61. The highest BCUT2D eigenvalue weighted by Gasteiger charge is 2.17. The van der Waals surface area contributed by atoms with Crippen LogP contribution in [-0.2, 0) is 20.8 Å². The lowest BCUT2D eigenvalue weighted by molar-refractivity contribution is -0.116. The van der Waals surface area contributed by atoms with Gasteiger partial charge in [0.25, 0.3) is 0 Å². The number of anilines is 3. The van der Waals surface area contributed by atoms with Crippen molar-refractivity contribution in [2.75, 3.05) is 16.0 Å². The van der Waals surface area contributed by atoms with Crippen LogP contribution in [0.2, 0.25) is 0 Å². The topological polar surface area (TPSA) is 118 Å². The molecule has 8 nitrogen and oxygen atoms in total. The molecular formula is C37H31N3O5. The van der Waals surface area contributed by atoms with E-state index in [1.165, 1.54) is 13.0 Å². The summed E-state index contributed by atoms with van der Waals surface area (Å²) < 4.78 is 5.85. The third-order valence-electron chi connectivity index (χ3n) is 6.84. The van der Waals surface area contributed by atoms with E-state index in [1.54, 1.807) is 72.8 Å². The Morgan fingerprint density at radius 1 is 0.733 bits per heavy atom. The van der Waals surface area contributed by atoms with E-state index in [1.807, 2.05) is 49.4 Å². The Kier molecular flexibility index (Phi) is 9.45. The Bertz CT molecular complexity index is 1870. The van der Waals surface area contributed by atoms with E-state index in [4.69, 9.17) is 4.42 Å². The molecule has 8 heteroatoms. The Labute approximate surface area is 260 Å². The molecule has 4 aromatic carbocycles. The number of carbonyl (C=O) groups excluding carboxylic acids is 4. The Hall–Kier alpha value is -6.02. The van der Waals surface area contributed by atoms with Gasteiger partial charge in [0.15, 0.2) is 5.78 Å². The van der Waals surface area contributed by atoms with Gasteiger partial charge in [-0.1, -0.05) is 60.2 Å². The van der Waals surface area contributed by atoms with Crippen LogP contribution in [0.1, 0.15) is 39.7 Å². The first-order valence-electron chi connectivity index (χ1n) is 14.3. The highest BCUT2D eigenvalue weighted by Crippen LogP contribution is 2.26. The second kappa shape index (κ2) is 14.0. The van der Waals surface area contributed by atoms with E-state index < -0.39 is 5.91 Å². The van der Waals surface area contributed by atoms with Gasteiger partial charge in [-0.05, 0) is 73.2 Å². The summed E-state index contributed by atoms with van der Waals surface area (Å²) in [6.45, 7) is 3.43. The number of furan rings is 1. The standard InChI is InChI=1S/C37H31N3O5/c1-24-8-10-26(11-9-24)22-36(43)40-33-19-16-30(23-32(33)37(44)28-6-4-3-5-7-28)39-35(42)21-18-31-17-20-34(45-31)27-12-14-29(15-13-27)38-25(2)41/h3-21,23H,22H2,1-2H3,(H,38,41)(H,39,42)(H,40,43)/b21-18+. The normalized spacial score (nSPS) is 10.8. The number of hydrogen-bond acceptors (Lipinski definition) is 5. The van der Waals surface area contributed by atoms with Crippen molar-refractivity contribution >= 4 is 46.6 Å². The van der Waals surface area contributed by atoms with Crippen molar-refractivity contribution in [3.63, 3.8) is 0 Å².